The minimum atomic E-state index is 0.468. The van der Waals surface area contributed by atoms with Gasteiger partial charge in [-0.2, -0.15) is 0 Å². The molecule has 4 aromatic rings. The second kappa shape index (κ2) is 5.20. The van der Waals surface area contributed by atoms with Crippen molar-refractivity contribution in [2.45, 2.75) is 26.7 Å². The molecule has 0 saturated heterocycles. The lowest BCUT2D eigenvalue weighted by Crippen LogP contribution is -1.91. The summed E-state index contributed by atoms with van der Waals surface area (Å²) in [6.07, 6.45) is 3.63. The summed E-state index contributed by atoms with van der Waals surface area (Å²) in [6, 6.07) is 12.4. The Bertz CT molecular complexity index is 1010. The molecule has 0 N–H and O–H groups in total. The molecular weight excluding hydrogens is 284 g/mol. The van der Waals surface area contributed by atoms with E-state index in [1.165, 1.54) is 11.1 Å². The fourth-order valence-electron chi connectivity index (χ4n) is 3.04. The fraction of sp³-hybridized carbons (Fsp3) is 0.200. The lowest BCUT2D eigenvalue weighted by atomic mass is 9.99. The normalized spacial score (nSPS) is 11.7. The second-order valence-corrected chi connectivity index (χ2v) is 6.22. The zero-order chi connectivity index (χ0) is 16.0. The third-order valence-electron chi connectivity index (χ3n) is 4.33. The van der Waals surface area contributed by atoms with Crippen molar-refractivity contribution < 1.29 is 4.42 Å². The molecule has 3 heterocycles. The molecule has 0 bridgehead atoms. The zero-order valence-corrected chi connectivity index (χ0v) is 13.5. The van der Waals surface area contributed by atoms with Gasteiger partial charge in [0.25, 0.3) is 0 Å². The smallest absolute Gasteiger partial charge is 0.227 e. The van der Waals surface area contributed by atoms with Crippen LogP contribution in [0.2, 0.25) is 0 Å². The summed E-state index contributed by atoms with van der Waals surface area (Å²) in [4.78, 5) is 8.91. The van der Waals surface area contributed by atoms with Crippen LogP contribution in [0.1, 0.15) is 30.9 Å². The second-order valence-electron chi connectivity index (χ2n) is 6.22. The molecule has 114 valence electrons. The minimum Gasteiger partial charge on any atom is -0.437 e. The number of pyridine rings is 2. The van der Waals surface area contributed by atoms with Crippen molar-refractivity contribution in [3.8, 4) is 11.3 Å². The lowest BCUT2D eigenvalue weighted by Gasteiger charge is -2.08. The highest BCUT2D eigenvalue weighted by Crippen LogP contribution is 2.36. The summed E-state index contributed by atoms with van der Waals surface area (Å²) < 4.78 is 6.07. The van der Waals surface area contributed by atoms with E-state index in [0.29, 0.717) is 11.6 Å². The molecule has 0 aliphatic carbocycles. The standard InChI is InChI=1S/C20H18N2O/c1-12(2)14-8-10-21-17(11-14)15-7-6-13(3)18-16-5-4-9-22-20(16)23-19(15)18/h4-12H,1-3H3. The van der Waals surface area contributed by atoms with Gasteiger partial charge in [0, 0.05) is 28.7 Å². The first-order valence-electron chi connectivity index (χ1n) is 7.88. The average Bonchev–Trinajstić information content (AvgIpc) is 2.95. The van der Waals surface area contributed by atoms with E-state index in [-0.39, 0.29) is 0 Å². The highest BCUT2D eigenvalue weighted by molar-refractivity contribution is 6.09. The van der Waals surface area contributed by atoms with Gasteiger partial charge in [-0.3, -0.25) is 4.98 Å². The summed E-state index contributed by atoms with van der Waals surface area (Å²) in [5.74, 6) is 0.468. The topological polar surface area (TPSA) is 38.9 Å². The number of benzene rings is 1. The molecule has 0 amide bonds. The summed E-state index contributed by atoms with van der Waals surface area (Å²) >= 11 is 0. The third-order valence-corrected chi connectivity index (χ3v) is 4.33. The summed E-state index contributed by atoms with van der Waals surface area (Å²) in [7, 11) is 0. The Balaban J connectivity index is 2.05. The molecule has 0 spiro atoms. The average molecular weight is 302 g/mol. The van der Waals surface area contributed by atoms with Crippen molar-refractivity contribution >= 4 is 22.1 Å². The van der Waals surface area contributed by atoms with Gasteiger partial charge in [-0.05, 0) is 54.3 Å². The van der Waals surface area contributed by atoms with Crippen molar-refractivity contribution in [1.29, 1.82) is 0 Å². The number of nitrogens with zero attached hydrogens (tertiary/aromatic N) is 2. The summed E-state index contributed by atoms with van der Waals surface area (Å²) in [5, 5.41) is 2.18. The van der Waals surface area contributed by atoms with E-state index in [0.717, 1.165) is 27.6 Å². The van der Waals surface area contributed by atoms with Crippen LogP contribution in [-0.4, -0.2) is 9.97 Å². The predicted molar refractivity (Wildman–Crippen MR) is 93.6 cm³/mol. The Labute approximate surface area is 135 Å². The van der Waals surface area contributed by atoms with Gasteiger partial charge in [0.1, 0.15) is 5.58 Å². The SMILES string of the molecule is Cc1ccc(-c2cc(C(C)C)ccn2)c2oc3ncccc3c12. The van der Waals surface area contributed by atoms with E-state index in [2.05, 4.69) is 61.1 Å². The van der Waals surface area contributed by atoms with Gasteiger partial charge in [0.15, 0.2) is 0 Å². The van der Waals surface area contributed by atoms with Crippen LogP contribution < -0.4 is 0 Å². The van der Waals surface area contributed by atoms with Crippen LogP contribution in [0, 0.1) is 6.92 Å². The van der Waals surface area contributed by atoms with Crippen LogP contribution >= 0.6 is 0 Å². The molecule has 1 aromatic carbocycles. The lowest BCUT2D eigenvalue weighted by molar-refractivity contribution is 0.655. The fourth-order valence-corrected chi connectivity index (χ4v) is 3.04. The number of aryl methyl sites for hydroxylation is 1. The number of rotatable bonds is 2. The number of hydrogen-bond acceptors (Lipinski definition) is 3. The molecule has 3 heteroatoms. The van der Waals surface area contributed by atoms with Crippen LogP contribution in [-0.2, 0) is 0 Å². The summed E-state index contributed by atoms with van der Waals surface area (Å²) in [5.41, 5.74) is 5.98. The van der Waals surface area contributed by atoms with Crippen molar-refractivity contribution in [3.63, 3.8) is 0 Å². The number of aromatic nitrogens is 2. The zero-order valence-electron chi connectivity index (χ0n) is 13.5. The molecule has 23 heavy (non-hydrogen) atoms. The predicted octanol–water partition coefficient (Wildman–Crippen LogP) is 5.47. The summed E-state index contributed by atoms with van der Waals surface area (Å²) in [6.45, 7) is 6.48. The van der Waals surface area contributed by atoms with Crippen LogP contribution in [0.3, 0.4) is 0 Å². The first-order chi connectivity index (χ1) is 11.1. The molecule has 0 saturated carbocycles. The quantitative estimate of drug-likeness (QED) is 0.492. The Morgan fingerprint density at radius 3 is 2.70 bits per heavy atom. The third kappa shape index (κ3) is 2.20. The first kappa shape index (κ1) is 13.9. The number of furan rings is 1. The van der Waals surface area contributed by atoms with Gasteiger partial charge >= 0.3 is 0 Å². The van der Waals surface area contributed by atoms with Crippen molar-refractivity contribution in [3.05, 3.63) is 59.9 Å². The van der Waals surface area contributed by atoms with E-state index in [1.807, 2.05) is 12.3 Å². The Kier molecular flexibility index (Phi) is 3.15. The molecule has 3 aromatic heterocycles. The van der Waals surface area contributed by atoms with Crippen LogP contribution in [0.25, 0.3) is 33.3 Å². The highest BCUT2D eigenvalue weighted by atomic mass is 16.3. The Morgan fingerprint density at radius 1 is 1.00 bits per heavy atom. The monoisotopic (exact) mass is 302 g/mol. The first-order valence-corrected chi connectivity index (χ1v) is 7.88. The van der Waals surface area contributed by atoms with Crippen molar-refractivity contribution in [1.82, 2.24) is 9.97 Å². The molecule has 0 unspecified atom stereocenters. The Hall–Kier alpha value is -2.68. The maximum Gasteiger partial charge on any atom is 0.227 e. The molecule has 3 nitrogen and oxygen atoms in total. The van der Waals surface area contributed by atoms with Crippen LogP contribution in [0.4, 0.5) is 0 Å². The van der Waals surface area contributed by atoms with Gasteiger partial charge in [0.2, 0.25) is 5.71 Å². The van der Waals surface area contributed by atoms with Gasteiger partial charge < -0.3 is 4.42 Å². The molecule has 0 aliphatic heterocycles. The Morgan fingerprint density at radius 2 is 1.87 bits per heavy atom. The van der Waals surface area contributed by atoms with E-state index in [9.17, 15) is 0 Å². The van der Waals surface area contributed by atoms with Crippen molar-refractivity contribution in [2.75, 3.05) is 0 Å². The minimum absolute atomic E-state index is 0.468. The number of fused-ring (bicyclic) bond motifs is 3. The van der Waals surface area contributed by atoms with E-state index >= 15 is 0 Å². The highest BCUT2D eigenvalue weighted by Gasteiger charge is 2.16. The van der Waals surface area contributed by atoms with Crippen LogP contribution in [0.5, 0.6) is 0 Å². The molecule has 0 fully saturated rings. The van der Waals surface area contributed by atoms with E-state index in [4.69, 9.17) is 4.42 Å². The molecular formula is C20H18N2O. The van der Waals surface area contributed by atoms with E-state index in [1.54, 1.807) is 6.20 Å². The van der Waals surface area contributed by atoms with Gasteiger partial charge in [-0.25, -0.2) is 4.98 Å². The maximum atomic E-state index is 6.07. The molecule has 0 aliphatic rings. The van der Waals surface area contributed by atoms with E-state index < -0.39 is 0 Å². The molecule has 0 radical (unpaired) electrons. The largest absolute Gasteiger partial charge is 0.437 e. The van der Waals surface area contributed by atoms with Crippen LogP contribution in [0.15, 0.2) is 53.2 Å². The maximum absolute atomic E-state index is 6.07. The van der Waals surface area contributed by atoms with Gasteiger partial charge in [0.05, 0.1) is 5.69 Å². The van der Waals surface area contributed by atoms with Gasteiger partial charge in [-0.1, -0.05) is 19.9 Å². The number of hydrogen-bond donors (Lipinski definition) is 0. The van der Waals surface area contributed by atoms with Crippen molar-refractivity contribution in [2.24, 2.45) is 0 Å². The van der Waals surface area contributed by atoms with Gasteiger partial charge in [-0.15, -0.1) is 0 Å². The molecule has 4 rings (SSSR count). The molecule has 0 atom stereocenters.